The van der Waals surface area contributed by atoms with Crippen LogP contribution in [0.25, 0.3) is 0 Å². The van der Waals surface area contributed by atoms with Gasteiger partial charge in [0.2, 0.25) is 0 Å². The van der Waals surface area contributed by atoms with Crippen molar-refractivity contribution in [2.24, 2.45) is 11.8 Å². The molecule has 0 aromatic rings. The van der Waals surface area contributed by atoms with Gasteiger partial charge in [0.05, 0.1) is 0 Å². The van der Waals surface area contributed by atoms with E-state index in [9.17, 15) is 4.57 Å². The van der Waals surface area contributed by atoms with Gasteiger partial charge in [-0.05, 0) is 19.3 Å². The Bertz CT molecular complexity index is 179. The van der Waals surface area contributed by atoms with Gasteiger partial charge < -0.3 is 0 Å². The lowest BCUT2D eigenvalue weighted by atomic mass is 9.78. The van der Waals surface area contributed by atoms with Crippen molar-refractivity contribution in [2.45, 2.75) is 71.9 Å². The smallest absolute Gasteiger partial charge is 0.0768 e. The summed E-state index contributed by atoms with van der Waals surface area (Å²) in [4.78, 5) is 0. The van der Waals surface area contributed by atoms with E-state index >= 15 is 0 Å². The van der Waals surface area contributed by atoms with Gasteiger partial charge in [-0.1, -0.05) is 52.0 Å². The topological polar surface area (TPSA) is 17.1 Å². The van der Waals surface area contributed by atoms with Crippen LogP contribution in [0.4, 0.5) is 0 Å². The summed E-state index contributed by atoms with van der Waals surface area (Å²) in [6.45, 7) is 11.1. The van der Waals surface area contributed by atoms with Crippen LogP contribution in [-0.4, -0.2) is 5.16 Å². The molecule has 1 nitrogen and oxygen atoms in total. The van der Waals surface area contributed by atoms with Crippen LogP contribution in [0, 0.1) is 11.8 Å². The summed E-state index contributed by atoms with van der Waals surface area (Å²) in [6.07, 6.45) is 6.02. The minimum absolute atomic E-state index is 0.0733. The lowest BCUT2D eigenvalue weighted by Crippen LogP contribution is -2.36. The highest BCUT2D eigenvalue weighted by Gasteiger charge is 2.45. The highest BCUT2D eigenvalue weighted by Crippen LogP contribution is 2.44. The zero-order chi connectivity index (χ0) is 11.9. The fourth-order valence-corrected chi connectivity index (χ4v) is 3.33. The molecule has 0 rings (SSSR count). The van der Waals surface area contributed by atoms with Crippen molar-refractivity contribution in [1.29, 1.82) is 0 Å². The largest absolute Gasteiger partial charge is 0.331 e. The summed E-state index contributed by atoms with van der Waals surface area (Å²) < 4.78 is 11.6. The van der Waals surface area contributed by atoms with E-state index in [1.807, 2.05) is 0 Å². The second kappa shape index (κ2) is 7.39. The van der Waals surface area contributed by atoms with Gasteiger partial charge in [0.25, 0.3) is 0 Å². The van der Waals surface area contributed by atoms with Crippen molar-refractivity contribution in [3.63, 3.8) is 0 Å². The minimum atomic E-state index is -0.152. The maximum atomic E-state index is 11.6. The third kappa shape index (κ3) is 3.87. The van der Waals surface area contributed by atoms with Crippen LogP contribution in [0.5, 0.6) is 0 Å². The maximum absolute atomic E-state index is 11.6. The van der Waals surface area contributed by atoms with Crippen molar-refractivity contribution in [3.8, 4) is 0 Å². The van der Waals surface area contributed by atoms with Crippen LogP contribution in [0.2, 0.25) is 0 Å². The molecule has 0 aromatic carbocycles. The van der Waals surface area contributed by atoms with Crippen molar-refractivity contribution in [1.82, 2.24) is 0 Å². The molecule has 15 heavy (non-hydrogen) atoms. The first-order chi connectivity index (χ1) is 7.05. The monoisotopic (exact) mass is 231 g/mol. The molecule has 0 heterocycles. The fourth-order valence-electron chi connectivity index (χ4n) is 2.41. The molecule has 0 aliphatic heterocycles. The van der Waals surface area contributed by atoms with E-state index in [0.717, 1.165) is 12.8 Å². The predicted octanol–water partition coefficient (Wildman–Crippen LogP) is 5.03. The van der Waals surface area contributed by atoms with Gasteiger partial charge in [0.15, 0.2) is 5.16 Å². The van der Waals surface area contributed by atoms with Gasteiger partial charge in [-0.3, -0.25) is 0 Å². The molecule has 0 aromatic heterocycles. The summed E-state index contributed by atoms with van der Waals surface area (Å²) in [7, 11) is -0.152. The Kier molecular flexibility index (Phi) is 7.44. The number of hydrogen-bond donors (Lipinski definition) is 0. The molecule has 3 unspecified atom stereocenters. The van der Waals surface area contributed by atoms with Gasteiger partial charge >= 0.3 is 8.46 Å². The van der Waals surface area contributed by atoms with Crippen molar-refractivity contribution < 1.29 is 4.57 Å². The first-order valence-electron chi connectivity index (χ1n) is 6.44. The van der Waals surface area contributed by atoms with Crippen molar-refractivity contribution in [2.75, 3.05) is 0 Å². The van der Waals surface area contributed by atoms with Crippen LogP contribution < -0.4 is 0 Å². The lowest BCUT2D eigenvalue weighted by Gasteiger charge is -2.30. The Hall–Kier alpha value is 0.100. The molecule has 0 spiro atoms. The van der Waals surface area contributed by atoms with Crippen LogP contribution >= 0.6 is 8.46 Å². The number of hydrogen-bond acceptors (Lipinski definition) is 1. The molecule has 0 radical (unpaired) electrons. The van der Waals surface area contributed by atoms with Crippen LogP contribution in [0.15, 0.2) is 0 Å². The van der Waals surface area contributed by atoms with Gasteiger partial charge in [0, 0.05) is 11.8 Å². The summed E-state index contributed by atoms with van der Waals surface area (Å²) in [6, 6.07) is 0. The zero-order valence-corrected chi connectivity index (χ0v) is 12.1. The van der Waals surface area contributed by atoms with Crippen molar-refractivity contribution >= 4 is 8.46 Å². The maximum Gasteiger partial charge on any atom is 0.331 e. The molecule has 0 N–H and O–H groups in total. The standard InChI is InChI=1S/C13H27OP/c1-6-8-9-10-13(15-14,11(3)4)12(5)7-2/h11-12H,6-10H2,1-5H3/p+1. The normalized spacial score (nSPS) is 18.0. The van der Waals surface area contributed by atoms with Crippen LogP contribution in [0.1, 0.15) is 66.7 Å². The third-order valence-electron chi connectivity index (χ3n) is 3.91. The average molecular weight is 231 g/mol. The second-order valence-corrected chi connectivity index (χ2v) is 6.20. The van der Waals surface area contributed by atoms with Crippen LogP contribution in [-0.2, 0) is 4.57 Å². The molecule has 3 atom stereocenters. The van der Waals surface area contributed by atoms with E-state index in [-0.39, 0.29) is 13.6 Å². The van der Waals surface area contributed by atoms with E-state index < -0.39 is 0 Å². The Morgan fingerprint density at radius 1 is 1.13 bits per heavy atom. The summed E-state index contributed by atoms with van der Waals surface area (Å²) >= 11 is 0. The van der Waals surface area contributed by atoms with Gasteiger partial charge in [-0.15, -0.1) is 0 Å². The molecule has 0 amide bonds. The average Bonchev–Trinajstić information content (AvgIpc) is 2.23. The Morgan fingerprint density at radius 2 is 1.73 bits per heavy atom. The second-order valence-electron chi connectivity index (χ2n) is 5.06. The van der Waals surface area contributed by atoms with Crippen LogP contribution in [0.3, 0.4) is 0 Å². The van der Waals surface area contributed by atoms with E-state index in [1.54, 1.807) is 0 Å². The minimum Gasteiger partial charge on any atom is -0.0768 e. The quantitative estimate of drug-likeness (QED) is 0.423. The Labute approximate surface area is 97.2 Å². The zero-order valence-electron chi connectivity index (χ0n) is 11.1. The molecular weight excluding hydrogens is 203 g/mol. The van der Waals surface area contributed by atoms with E-state index in [0.29, 0.717) is 11.8 Å². The Morgan fingerprint density at radius 3 is 2.07 bits per heavy atom. The first kappa shape index (κ1) is 15.1. The molecule has 0 saturated carbocycles. The molecule has 0 bridgehead atoms. The molecule has 0 fully saturated rings. The molecule has 0 aliphatic rings. The fraction of sp³-hybridized carbons (Fsp3) is 1.00. The highest BCUT2D eigenvalue weighted by atomic mass is 31.1. The Balaban J connectivity index is 4.58. The summed E-state index contributed by atoms with van der Waals surface area (Å²) in [5.41, 5.74) is 0. The van der Waals surface area contributed by atoms with E-state index in [1.165, 1.54) is 19.3 Å². The van der Waals surface area contributed by atoms with E-state index in [4.69, 9.17) is 0 Å². The van der Waals surface area contributed by atoms with Crippen molar-refractivity contribution in [3.05, 3.63) is 0 Å². The third-order valence-corrected chi connectivity index (χ3v) is 5.61. The van der Waals surface area contributed by atoms with Gasteiger partial charge in [-0.2, -0.15) is 0 Å². The lowest BCUT2D eigenvalue weighted by molar-refractivity contribution is 0.273. The summed E-state index contributed by atoms with van der Waals surface area (Å²) in [5.74, 6) is 1.10. The van der Waals surface area contributed by atoms with Gasteiger partial charge in [0.1, 0.15) is 0 Å². The molecule has 0 saturated heterocycles. The summed E-state index contributed by atoms with van der Waals surface area (Å²) in [5, 5.41) is 0.0733. The van der Waals surface area contributed by atoms with E-state index in [2.05, 4.69) is 34.6 Å². The first-order valence-corrected chi connectivity index (χ1v) is 7.35. The SMILES string of the molecule is CCCCCC([PH+]=O)(C(C)C)C(C)CC. The number of rotatable bonds is 8. The number of unbranched alkanes of at least 4 members (excludes halogenated alkanes) is 2. The molecular formula is C13H28OP+. The van der Waals surface area contributed by atoms with Gasteiger partial charge in [-0.25, -0.2) is 0 Å². The molecule has 2 heteroatoms. The predicted molar refractivity (Wildman–Crippen MR) is 70.2 cm³/mol. The molecule has 90 valence electrons. The molecule has 0 aliphatic carbocycles. The highest BCUT2D eigenvalue weighted by molar-refractivity contribution is 7.26.